The number of rotatable bonds is 5. The van der Waals surface area contributed by atoms with Crippen LogP contribution in [0.2, 0.25) is 0 Å². The van der Waals surface area contributed by atoms with E-state index in [0.29, 0.717) is 24.1 Å². The van der Waals surface area contributed by atoms with Gasteiger partial charge in [-0.25, -0.2) is 0 Å². The number of hydrogen-bond acceptors (Lipinski definition) is 2. The summed E-state index contributed by atoms with van der Waals surface area (Å²) in [7, 11) is 0. The average Bonchev–Trinajstić information content (AvgIpc) is 2.25. The molecular formula is C14H29NO. The summed E-state index contributed by atoms with van der Waals surface area (Å²) in [5.41, 5.74) is 0. The summed E-state index contributed by atoms with van der Waals surface area (Å²) in [6, 6.07) is 1.32. The number of hydrogen-bond donors (Lipinski definition) is 1. The van der Waals surface area contributed by atoms with Crippen LogP contribution in [0, 0.1) is 11.8 Å². The van der Waals surface area contributed by atoms with Crippen LogP contribution in [-0.2, 0) is 4.74 Å². The van der Waals surface area contributed by atoms with Crippen molar-refractivity contribution in [2.45, 2.75) is 72.1 Å². The molecule has 0 aromatic rings. The van der Waals surface area contributed by atoms with Crippen molar-refractivity contribution < 1.29 is 4.74 Å². The minimum atomic E-state index is 0.455. The van der Waals surface area contributed by atoms with E-state index in [4.69, 9.17) is 4.74 Å². The second-order valence-corrected chi connectivity index (χ2v) is 5.80. The molecule has 0 aliphatic carbocycles. The highest BCUT2D eigenvalue weighted by atomic mass is 16.5. The smallest absolute Gasteiger partial charge is 0.0612 e. The molecule has 96 valence electrons. The van der Waals surface area contributed by atoms with E-state index in [1.165, 1.54) is 19.3 Å². The van der Waals surface area contributed by atoms with Crippen LogP contribution in [0.25, 0.3) is 0 Å². The lowest BCUT2D eigenvalue weighted by molar-refractivity contribution is -0.0268. The summed E-state index contributed by atoms with van der Waals surface area (Å²) < 4.78 is 5.81. The molecule has 0 aromatic carbocycles. The van der Waals surface area contributed by atoms with Gasteiger partial charge in [-0.05, 0) is 31.1 Å². The topological polar surface area (TPSA) is 21.3 Å². The van der Waals surface area contributed by atoms with Crippen molar-refractivity contribution in [1.29, 1.82) is 0 Å². The van der Waals surface area contributed by atoms with E-state index in [9.17, 15) is 0 Å². The molecule has 2 nitrogen and oxygen atoms in total. The fraction of sp³-hybridized carbons (Fsp3) is 1.00. The quantitative estimate of drug-likeness (QED) is 0.778. The summed E-state index contributed by atoms with van der Waals surface area (Å²) in [6.07, 6.45) is 4.03. The molecule has 0 aromatic heterocycles. The van der Waals surface area contributed by atoms with Gasteiger partial charge in [-0.15, -0.1) is 0 Å². The molecule has 0 bridgehead atoms. The van der Waals surface area contributed by atoms with Gasteiger partial charge >= 0.3 is 0 Å². The molecule has 0 saturated carbocycles. The van der Waals surface area contributed by atoms with Crippen molar-refractivity contribution in [2.24, 2.45) is 11.8 Å². The number of nitrogens with one attached hydrogen (secondary N) is 1. The molecule has 1 fully saturated rings. The van der Waals surface area contributed by atoms with Crippen LogP contribution in [0.15, 0.2) is 0 Å². The van der Waals surface area contributed by atoms with E-state index < -0.39 is 0 Å². The van der Waals surface area contributed by atoms with Gasteiger partial charge < -0.3 is 10.1 Å². The first-order chi connectivity index (χ1) is 7.54. The lowest BCUT2D eigenvalue weighted by Crippen LogP contribution is -2.46. The first-order valence-electron chi connectivity index (χ1n) is 6.92. The minimum absolute atomic E-state index is 0.455. The SMILES string of the molecule is CCC(NC1CCOC(C(C)C)C1)C(C)C. The van der Waals surface area contributed by atoms with Crippen molar-refractivity contribution >= 4 is 0 Å². The molecule has 16 heavy (non-hydrogen) atoms. The molecular weight excluding hydrogens is 198 g/mol. The summed E-state index contributed by atoms with van der Waals surface area (Å²) in [5.74, 6) is 1.37. The third-order valence-electron chi connectivity index (χ3n) is 3.75. The van der Waals surface area contributed by atoms with Crippen LogP contribution in [0.4, 0.5) is 0 Å². The maximum absolute atomic E-state index is 5.81. The van der Waals surface area contributed by atoms with Crippen LogP contribution in [0.3, 0.4) is 0 Å². The van der Waals surface area contributed by atoms with Crippen LogP contribution in [0.1, 0.15) is 53.9 Å². The average molecular weight is 227 g/mol. The molecule has 1 aliphatic heterocycles. The Morgan fingerprint density at radius 3 is 2.44 bits per heavy atom. The molecule has 0 spiro atoms. The molecule has 1 heterocycles. The van der Waals surface area contributed by atoms with Crippen molar-refractivity contribution in [3.63, 3.8) is 0 Å². The van der Waals surface area contributed by atoms with Gasteiger partial charge in [-0.1, -0.05) is 34.6 Å². The van der Waals surface area contributed by atoms with E-state index in [1.807, 2.05) is 0 Å². The summed E-state index contributed by atoms with van der Waals surface area (Å²) in [5, 5.41) is 3.81. The third kappa shape index (κ3) is 4.06. The van der Waals surface area contributed by atoms with Gasteiger partial charge in [0, 0.05) is 18.7 Å². The lowest BCUT2D eigenvalue weighted by atomic mass is 9.93. The molecule has 3 atom stereocenters. The maximum atomic E-state index is 5.81. The van der Waals surface area contributed by atoms with Crippen molar-refractivity contribution in [2.75, 3.05) is 6.61 Å². The molecule has 0 amide bonds. The highest BCUT2D eigenvalue weighted by molar-refractivity contribution is 4.82. The Morgan fingerprint density at radius 2 is 1.94 bits per heavy atom. The molecule has 1 N–H and O–H groups in total. The Kier molecular flexibility index (Phi) is 5.77. The van der Waals surface area contributed by atoms with Gasteiger partial charge in [-0.2, -0.15) is 0 Å². The van der Waals surface area contributed by atoms with Crippen LogP contribution < -0.4 is 5.32 Å². The zero-order valence-corrected chi connectivity index (χ0v) is 11.6. The van der Waals surface area contributed by atoms with E-state index in [-0.39, 0.29) is 0 Å². The van der Waals surface area contributed by atoms with Gasteiger partial charge in [0.25, 0.3) is 0 Å². The van der Waals surface area contributed by atoms with Gasteiger partial charge in [0.2, 0.25) is 0 Å². The first kappa shape index (κ1) is 14.0. The van der Waals surface area contributed by atoms with Crippen LogP contribution in [-0.4, -0.2) is 24.8 Å². The second-order valence-electron chi connectivity index (χ2n) is 5.80. The lowest BCUT2D eigenvalue weighted by Gasteiger charge is -2.35. The molecule has 0 radical (unpaired) electrons. The molecule has 1 saturated heterocycles. The fourth-order valence-electron chi connectivity index (χ4n) is 2.53. The predicted octanol–water partition coefficient (Wildman–Crippen LogP) is 3.21. The normalized spacial score (nSPS) is 28.7. The molecule has 3 unspecified atom stereocenters. The van der Waals surface area contributed by atoms with Crippen LogP contribution >= 0.6 is 0 Å². The summed E-state index contributed by atoms with van der Waals surface area (Å²) in [6.45, 7) is 12.3. The highest BCUT2D eigenvalue weighted by Gasteiger charge is 2.26. The van der Waals surface area contributed by atoms with E-state index in [2.05, 4.69) is 39.9 Å². The van der Waals surface area contributed by atoms with Gasteiger partial charge in [0.1, 0.15) is 0 Å². The van der Waals surface area contributed by atoms with Crippen molar-refractivity contribution in [1.82, 2.24) is 5.32 Å². The zero-order valence-electron chi connectivity index (χ0n) is 11.6. The third-order valence-corrected chi connectivity index (χ3v) is 3.75. The monoisotopic (exact) mass is 227 g/mol. The zero-order chi connectivity index (χ0) is 12.1. The molecule has 1 aliphatic rings. The highest BCUT2D eigenvalue weighted by Crippen LogP contribution is 2.21. The maximum Gasteiger partial charge on any atom is 0.0612 e. The summed E-state index contributed by atoms with van der Waals surface area (Å²) >= 11 is 0. The Hall–Kier alpha value is -0.0800. The standard InChI is InChI=1S/C14H29NO/c1-6-13(10(2)3)15-12-7-8-16-14(9-12)11(4)5/h10-15H,6-9H2,1-5H3. The Labute approximate surface area is 101 Å². The van der Waals surface area contributed by atoms with Gasteiger partial charge in [0.15, 0.2) is 0 Å². The van der Waals surface area contributed by atoms with E-state index >= 15 is 0 Å². The summed E-state index contributed by atoms with van der Waals surface area (Å²) in [4.78, 5) is 0. The minimum Gasteiger partial charge on any atom is -0.378 e. The predicted molar refractivity (Wildman–Crippen MR) is 69.7 cm³/mol. The molecule has 1 rings (SSSR count). The van der Waals surface area contributed by atoms with Crippen LogP contribution in [0.5, 0.6) is 0 Å². The fourth-order valence-corrected chi connectivity index (χ4v) is 2.53. The Morgan fingerprint density at radius 1 is 1.25 bits per heavy atom. The number of ether oxygens (including phenoxy) is 1. The van der Waals surface area contributed by atoms with E-state index in [0.717, 1.165) is 12.5 Å². The second kappa shape index (κ2) is 6.61. The largest absolute Gasteiger partial charge is 0.378 e. The van der Waals surface area contributed by atoms with Gasteiger partial charge in [0.05, 0.1) is 6.10 Å². The van der Waals surface area contributed by atoms with E-state index in [1.54, 1.807) is 0 Å². The first-order valence-corrected chi connectivity index (χ1v) is 6.92. The van der Waals surface area contributed by atoms with Crippen molar-refractivity contribution in [3.05, 3.63) is 0 Å². The Bertz CT molecular complexity index is 191. The van der Waals surface area contributed by atoms with Crippen molar-refractivity contribution in [3.8, 4) is 0 Å². The van der Waals surface area contributed by atoms with Gasteiger partial charge in [-0.3, -0.25) is 0 Å². The molecule has 2 heteroatoms. The Balaban J connectivity index is 2.41.